The number of hydrogen-bond acceptors (Lipinski definition) is 4. The van der Waals surface area contributed by atoms with Gasteiger partial charge < -0.3 is 10.2 Å². The number of carboxylic acids is 1. The fourth-order valence-corrected chi connectivity index (χ4v) is 2.27. The summed E-state index contributed by atoms with van der Waals surface area (Å²) in [4.78, 5) is 14.6. The molecule has 1 heterocycles. The molecule has 2 rings (SSSR count). The molecule has 0 saturated heterocycles. The fraction of sp³-hybridized carbons (Fsp3) is 0.0909. The Labute approximate surface area is 106 Å². The van der Waals surface area contributed by atoms with Gasteiger partial charge in [0.15, 0.2) is 5.06 Å². The lowest BCUT2D eigenvalue weighted by Gasteiger charge is -1.95. The first-order valence-electron chi connectivity index (χ1n) is 4.72. The van der Waals surface area contributed by atoms with Gasteiger partial charge in [-0.2, -0.15) is 0 Å². The summed E-state index contributed by atoms with van der Waals surface area (Å²) in [6, 6.07) is 6.97. The first kappa shape index (κ1) is 11.9. The third-order valence-electron chi connectivity index (χ3n) is 2.09. The monoisotopic (exact) mass is 269 g/mol. The van der Waals surface area contributed by atoms with Crippen LogP contribution < -0.4 is 0 Å². The highest BCUT2D eigenvalue weighted by atomic mass is 35.5. The van der Waals surface area contributed by atoms with Crippen molar-refractivity contribution in [3.05, 3.63) is 35.0 Å². The van der Waals surface area contributed by atoms with Crippen LogP contribution in [0.5, 0.6) is 5.06 Å². The third kappa shape index (κ3) is 2.75. The van der Waals surface area contributed by atoms with Gasteiger partial charge in [-0.05, 0) is 12.1 Å². The zero-order valence-electron chi connectivity index (χ0n) is 8.55. The maximum absolute atomic E-state index is 10.5. The van der Waals surface area contributed by atoms with Gasteiger partial charge in [0.25, 0.3) is 0 Å². The van der Waals surface area contributed by atoms with E-state index in [-0.39, 0.29) is 17.2 Å². The number of carbonyl (C=O) groups is 1. The second-order valence-electron chi connectivity index (χ2n) is 3.35. The van der Waals surface area contributed by atoms with Crippen molar-refractivity contribution in [3.63, 3.8) is 0 Å². The normalized spacial score (nSPS) is 10.4. The highest BCUT2D eigenvalue weighted by Crippen LogP contribution is 2.33. The molecule has 88 valence electrons. The highest BCUT2D eigenvalue weighted by Gasteiger charge is 2.14. The van der Waals surface area contributed by atoms with Gasteiger partial charge >= 0.3 is 5.97 Å². The Morgan fingerprint density at radius 1 is 1.35 bits per heavy atom. The third-order valence-corrected chi connectivity index (χ3v) is 3.29. The Bertz CT molecular complexity index is 550. The van der Waals surface area contributed by atoms with Crippen LogP contribution in [0.2, 0.25) is 5.02 Å². The number of rotatable bonds is 3. The number of benzene rings is 1. The molecule has 0 fully saturated rings. The topological polar surface area (TPSA) is 70.4 Å². The molecule has 0 bridgehead atoms. The van der Waals surface area contributed by atoms with Crippen LogP contribution in [0.15, 0.2) is 24.3 Å². The van der Waals surface area contributed by atoms with Gasteiger partial charge in [-0.1, -0.05) is 35.1 Å². The number of thiazole rings is 1. The Hall–Kier alpha value is -1.59. The molecule has 17 heavy (non-hydrogen) atoms. The number of aromatic nitrogens is 1. The van der Waals surface area contributed by atoms with Gasteiger partial charge in [-0.15, -0.1) is 0 Å². The predicted octanol–water partition coefficient (Wildman–Crippen LogP) is 2.80. The molecule has 1 aromatic carbocycles. The van der Waals surface area contributed by atoms with E-state index in [2.05, 4.69) is 4.98 Å². The van der Waals surface area contributed by atoms with Gasteiger partial charge in [0.05, 0.1) is 6.42 Å². The van der Waals surface area contributed by atoms with Crippen LogP contribution in [0.4, 0.5) is 0 Å². The molecule has 0 atom stereocenters. The predicted molar refractivity (Wildman–Crippen MR) is 65.6 cm³/mol. The summed E-state index contributed by atoms with van der Waals surface area (Å²) in [6.07, 6.45) is -0.282. The van der Waals surface area contributed by atoms with Gasteiger partial charge in [0, 0.05) is 10.6 Å². The van der Waals surface area contributed by atoms with Gasteiger partial charge in [0.2, 0.25) is 0 Å². The molecular formula is C11H8ClNO3S. The molecule has 0 aliphatic heterocycles. The second-order valence-corrected chi connectivity index (χ2v) is 4.76. The van der Waals surface area contributed by atoms with Crippen molar-refractivity contribution in [2.75, 3.05) is 0 Å². The molecule has 1 aromatic heterocycles. The summed E-state index contributed by atoms with van der Waals surface area (Å²) in [5.41, 5.74) is 0.985. The summed E-state index contributed by atoms with van der Waals surface area (Å²) >= 11 is 6.81. The van der Waals surface area contributed by atoms with E-state index in [4.69, 9.17) is 16.7 Å². The van der Waals surface area contributed by atoms with E-state index in [9.17, 15) is 9.90 Å². The highest BCUT2D eigenvalue weighted by molar-refractivity contribution is 7.16. The van der Waals surface area contributed by atoms with E-state index in [0.717, 1.165) is 16.9 Å². The minimum atomic E-state index is -1.02. The maximum Gasteiger partial charge on any atom is 0.309 e. The van der Waals surface area contributed by atoms with E-state index in [1.54, 1.807) is 24.3 Å². The molecule has 4 nitrogen and oxygen atoms in total. The Morgan fingerprint density at radius 3 is 2.59 bits per heavy atom. The van der Waals surface area contributed by atoms with E-state index >= 15 is 0 Å². The molecule has 0 radical (unpaired) electrons. The van der Waals surface area contributed by atoms with Crippen LogP contribution in [0.3, 0.4) is 0 Å². The first-order chi connectivity index (χ1) is 8.06. The molecule has 0 saturated carbocycles. The average Bonchev–Trinajstić information content (AvgIpc) is 2.60. The number of aliphatic carboxylic acids is 1. The molecule has 0 unspecified atom stereocenters. The molecule has 2 aromatic rings. The lowest BCUT2D eigenvalue weighted by atomic mass is 10.2. The van der Waals surface area contributed by atoms with Crippen LogP contribution in [-0.2, 0) is 11.2 Å². The van der Waals surface area contributed by atoms with Crippen LogP contribution in [0.25, 0.3) is 10.6 Å². The second kappa shape index (κ2) is 4.73. The minimum absolute atomic E-state index is 0.0580. The summed E-state index contributed by atoms with van der Waals surface area (Å²) in [6.45, 7) is 0. The Kier molecular flexibility index (Phi) is 3.31. The summed E-state index contributed by atoms with van der Waals surface area (Å²) in [7, 11) is 0. The lowest BCUT2D eigenvalue weighted by molar-refractivity contribution is -0.136. The number of carboxylic acid groups (broad SMARTS) is 1. The lowest BCUT2D eigenvalue weighted by Crippen LogP contribution is -2.00. The van der Waals surface area contributed by atoms with E-state index in [1.807, 2.05) is 0 Å². The summed E-state index contributed by atoms with van der Waals surface area (Å²) in [5, 5.41) is 19.3. The zero-order valence-corrected chi connectivity index (χ0v) is 10.1. The maximum atomic E-state index is 10.5. The molecule has 0 aliphatic rings. The van der Waals surface area contributed by atoms with Crippen LogP contribution >= 0.6 is 22.9 Å². The number of halogens is 1. The molecular weight excluding hydrogens is 262 g/mol. The van der Waals surface area contributed by atoms with Crippen LogP contribution in [0, 0.1) is 0 Å². The van der Waals surface area contributed by atoms with Crippen molar-refractivity contribution < 1.29 is 15.0 Å². The van der Waals surface area contributed by atoms with Crippen LogP contribution in [0.1, 0.15) is 5.69 Å². The summed E-state index contributed by atoms with van der Waals surface area (Å²) < 4.78 is 0. The molecule has 2 N–H and O–H groups in total. The van der Waals surface area contributed by atoms with Gasteiger partial charge in [0.1, 0.15) is 10.7 Å². The van der Waals surface area contributed by atoms with Crippen molar-refractivity contribution in [1.29, 1.82) is 0 Å². The zero-order chi connectivity index (χ0) is 12.4. The van der Waals surface area contributed by atoms with E-state index in [1.165, 1.54) is 0 Å². The molecule has 0 amide bonds. The molecule has 0 aliphatic carbocycles. The van der Waals surface area contributed by atoms with Crippen molar-refractivity contribution in [2.45, 2.75) is 6.42 Å². The van der Waals surface area contributed by atoms with Gasteiger partial charge in [-0.3, -0.25) is 4.79 Å². The quantitative estimate of drug-likeness (QED) is 0.899. The first-order valence-corrected chi connectivity index (χ1v) is 5.92. The number of nitrogens with zero attached hydrogens (tertiary/aromatic N) is 1. The van der Waals surface area contributed by atoms with Crippen molar-refractivity contribution in [3.8, 4) is 15.6 Å². The Balaban J connectivity index is 2.34. The molecule has 6 heteroatoms. The molecule has 0 spiro atoms. The van der Waals surface area contributed by atoms with Gasteiger partial charge in [-0.25, -0.2) is 4.98 Å². The standard InChI is InChI=1S/C11H8ClNO3S/c12-7-3-1-6(2-4-7)10-13-8(5-9(14)15)11(16)17-10/h1-4,16H,5H2,(H,14,15). The number of aromatic hydroxyl groups is 1. The average molecular weight is 270 g/mol. The largest absolute Gasteiger partial charge is 0.498 e. The number of hydrogen-bond donors (Lipinski definition) is 2. The fourth-order valence-electron chi connectivity index (χ4n) is 1.32. The van der Waals surface area contributed by atoms with Crippen molar-refractivity contribution in [1.82, 2.24) is 4.98 Å². The summed E-state index contributed by atoms with van der Waals surface area (Å²) in [5.74, 6) is -1.02. The van der Waals surface area contributed by atoms with E-state index < -0.39 is 5.97 Å². The minimum Gasteiger partial charge on any atom is -0.498 e. The SMILES string of the molecule is O=C(O)Cc1nc(-c2ccc(Cl)cc2)sc1O. The van der Waals surface area contributed by atoms with Crippen molar-refractivity contribution >= 4 is 28.9 Å². The van der Waals surface area contributed by atoms with E-state index in [0.29, 0.717) is 10.0 Å². The Morgan fingerprint density at radius 2 is 2.00 bits per heavy atom. The van der Waals surface area contributed by atoms with Crippen LogP contribution in [-0.4, -0.2) is 21.2 Å². The smallest absolute Gasteiger partial charge is 0.309 e. The van der Waals surface area contributed by atoms with Crippen molar-refractivity contribution in [2.24, 2.45) is 0 Å².